The number of primary sulfonamides is 1. The van der Waals surface area contributed by atoms with Crippen molar-refractivity contribution in [2.24, 2.45) is 5.14 Å². The smallest absolute Gasteiger partial charge is 0.240 e. The van der Waals surface area contributed by atoms with Crippen molar-refractivity contribution in [2.75, 3.05) is 25.0 Å². The van der Waals surface area contributed by atoms with E-state index in [4.69, 9.17) is 5.14 Å². The van der Waals surface area contributed by atoms with Crippen LogP contribution in [0.15, 0.2) is 29.2 Å². The lowest BCUT2D eigenvalue weighted by molar-refractivity contribution is 0.164. The normalized spacial score (nSPS) is 20.8. The van der Waals surface area contributed by atoms with Crippen LogP contribution in [-0.2, 0) is 10.0 Å². The third-order valence-electron chi connectivity index (χ3n) is 3.88. The van der Waals surface area contributed by atoms with Gasteiger partial charge in [-0.1, -0.05) is 25.5 Å². The largest absolute Gasteiger partial charge is 0.382 e. The quantitative estimate of drug-likeness (QED) is 0.866. The molecule has 2 rings (SSSR count). The number of likely N-dealkylation sites (tertiary alicyclic amines) is 1. The van der Waals surface area contributed by atoms with E-state index in [1.807, 2.05) is 6.07 Å². The first kappa shape index (κ1) is 15.3. The minimum atomic E-state index is -3.68. The predicted octanol–water partition coefficient (Wildman–Crippen LogP) is 1.62. The summed E-state index contributed by atoms with van der Waals surface area (Å²) in [5, 5.41) is 8.49. The molecule has 1 saturated heterocycles. The van der Waals surface area contributed by atoms with Crippen LogP contribution in [0.3, 0.4) is 0 Å². The van der Waals surface area contributed by atoms with Crippen LogP contribution in [0, 0.1) is 0 Å². The molecule has 0 bridgehead atoms. The summed E-state index contributed by atoms with van der Waals surface area (Å²) in [4.78, 5) is 2.61. The molecule has 0 aliphatic carbocycles. The van der Waals surface area contributed by atoms with Gasteiger partial charge in [-0.25, -0.2) is 13.6 Å². The monoisotopic (exact) mass is 297 g/mol. The van der Waals surface area contributed by atoms with Crippen molar-refractivity contribution in [1.29, 1.82) is 0 Å². The van der Waals surface area contributed by atoms with Gasteiger partial charge in [0, 0.05) is 12.6 Å². The molecule has 1 aromatic rings. The Morgan fingerprint density at radius 1 is 1.35 bits per heavy atom. The van der Waals surface area contributed by atoms with Crippen molar-refractivity contribution in [2.45, 2.75) is 37.1 Å². The number of likely N-dealkylation sites (N-methyl/N-ethyl adjacent to an activating group) is 1. The Bertz CT molecular complexity index is 545. The van der Waals surface area contributed by atoms with Crippen molar-refractivity contribution in [3.63, 3.8) is 0 Å². The van der Waals surface area contributed by atoms with E-state index in [9.17, 15) is 8.42 Å². The molecular weight excluding hydrogens is 274 g/mol. The fourth-order valence-electron chi connectivity index (χ4n) is 2.80. The molecule has 1 aromatic carbocycles. The highest BCUT2D eigenvalue weighted by molar-refractivity contribution is 7.89. The van der Waals surface area contributed by atoms with Crippen LogP contribution in [0.2, 0.25) is 0 Å². The third-order valence-corrected chi connectivity index (χ3v) is 4.85. The standard InChI is InChI=1S/C14H23N3O2S/c1-2-17-10-6-5-7-12(17)11-16-13-8-3-4-9-14(13)20(15,18)19/h3-4,8-9,12,16H,2,5-7,10-11H2,1H3,(H2,15,18,19). The van der Waals surface area contributed by atoms with Gasteiger partial charge < -0.3 is 5.32 Å². The number of piperidine rings is 1. The Hall–Kier alpha value is -1.11. The molecule has 0 radical (unpaired) electrons. The minimum absolute atomic E-state index is 0.166. The lowest BCUT2D eigenvalue weighted by Crippen LogP contribution is -2.43. The lowest BCUT2D eigenvalue weighted by atomic mass is 10.0. The van der Waals surface area contributed by atoms with Crippen LogP contribution in [-0.4, -0.2) is 39.0 Å². The number of sulfonamides is 1. The molecule has 0 amide bonds. The van der Waals surface area contributed by atoms with E-state index >= 15 is 0 Å². The second-order valence-corrected chi connectivity index (χ2v) is 6.73. The van der Waals surface area contributed by atoms with Gasteiger partial charge in [0.15, 0.2) is 0 Å². The SMILES string of the molecule is CCN1CCCCC1CNc1ccccc1S(N)(=O)=O. The molecule has 1 aliphatic heterocycles. The first-order valence-electron chi connectivity index (χ1n) is 7.12. The van der Waals surface area contributed by atoms with Gasteiger partial charge in [0.1, 0.15) is 4.90 Å². The van der Waals surface area contributed by atoms with Crippen LogP contribution in [0.25, 0.3) is 0 Å². The van der Waals surface area contributed by atoms with E-state index in [1.54, 1.807) is 12.1 Å². The maximum atomic E-state index is 11.6. The van der Waals surface area contributed by atoms with Gasteiger partial charge >= 0.3 is 0 Å². The molecule has 1 unspecified atom stereocenters. The fourth-order valence-corrected chi connectivity index (χ4v) is 3.51. The first-order valence-corrected chi connectivity index (χ1v) is 8.66. The van der Waals surface area contributed by atoms with Crippen molar-refractivity contribution in [3.05, 3.63) is 24.3 Å². The predicted molar refractivity (Wildman–Crippen MR) is 81.2 cm³/mol. The molecule has 3 N–H and O–H groups in total. The Morgan fingerprint density at radius 3 is 2.80 bits per heavy atom. The van der Waals surface area contributed by atoms with Crippen molar-refractivity contribution < 1.29 is 8.42 Å². The number of nitrogens with one attached hydrogen (secondary N) is 1. The number of benzene rings is 1. The van der Waals surface area contributed by atoms with Crippen LogP contribution in [0.5, 0.6) is 0 Å². The molecule has 5 nitrogen and oxygen atoms in total. The first-order chi connectivity index (χ1) is 9.52. The zero-order chi connectivity index (χ0) is 14.6. The summed E-state index contributed by atoms with van der Waals surface area (Å²) in [6.07, 6.45) is 3.64. The average molecular weight is 297 g/mol. The van der Waals surface area contributed by atoms with Crippen LogP contribution < -0.4 is 10.5 Å². The number of hydrogen-bond donors (Lipinski definition) is 2. The molecule has 6 heteroatoms. The number of para-hydroxylation sites is 1. The highest BCUT2D eigenvalue weighted by atomic mass is 32.2. The lowest BCUT2D eigenvalue weighted by Gasteiger charge is -2.35. The third kappa shape index (κ3) is 3.71. The second kappa shape index (κ2) is 6.56. The molecule has 1 heterocycles. The maximum absolute atomic E-state index is 11.6. The van der Waals surface area contributed by atoms with E-state index in [0.717, 1.165) is 26.1 Å². The highest BCUT2D eigenvalue weighted by Gasteiger charge is 2.21. The van der Waals surface area contributed by atoms with E-state index in [-0.39, 0.29) is 4.90 Å². The second-order valence-electron chi connectivity index (χ2n) is 5.20. The number of nitrogens with two attached hydrogens (primary N) is 1. The molecular formula is C14H23N3O2S. The average Bonchev–Trinajstić information content (AvgIpc) is 2.44. The summed E-state index contributed by atoms with van der Waals surface area (Å²) in [5.74, 6) is 0. The number of hydrogen-bond acceptors (Lipinski definition) is 4. The van der Waals surface area contributed by atoms with Crippen molar-refractivity contribution >= 4 is 15.7 Å². The summed E-state index contributed by atoms with van der Waals surface area (Å²) in [7, 11) is -3.68. The molecule has 0 aromatic heterocycles. The zero-order valence-corrected chi connectivity index (χ0v) is 12.7. The molecule has 1 aliphatic rings. The Morgan fingerprint density at radius 2 is 2.10 bits per heavy atom. The topological polar surface area (TPSA) is 75.4 Å². The van der Waals surface area contributed by atoms with Crippen molar-refractivity contribution in [3.8, 4) is 0 Å². The van der Waals surface area contributed by atoms with E-state index in [0.29, 0.717) is 11.7 Å². The van der Waals surface area contributed by atoms with Gasteiger partial charge in [-0.15, -0.1) is 0 Å². The fraction of sp³-hybridized carbons (Fsp3) is 0.571. The van der Waals surface area contributed by atoms with Gasteiger partial charge in [0.2, 0.25) is 10.0 Å². The van der Waals surface area contributed by atoms with E-state index < -0.39 is 10.0 Å². The van der Waals surface area contributed by atoms with Crippen LogP contribution in [0.1, 0.15) is 26.2 Å². The minimum Gasteiger partial charge on any atom is -0.382 e. The number of nitrogens with zero attached hydrogens (tertiary/aromatic N) is 1. The molecule has 1 fully saturated rings. The molecule has 1 atom stereocenters. The van der Waals surface area contributed by atoms with Gasteiger partial charge in [0.05, 0.1) is 5.69 Å². The van der Waals surface area contributed by atoms with E-state index in [2.05, 4.69) is 17.1 Å². The van der Waals surface area contributed by atoms with Crippen LogP contribution in [0.4, 0.5) is 5.69 Å². The van der Waals surface area contributed by atoms with Gasteiger partial charge in [-0.05, 0) is 38.1 Å². The Kier molecular flexibility index (Phi) is 5.01. The van der Waals surface area contributed by atoms with Gasteiger partial charge in [-0.3, -0.25) is 4.90 Å². The summed E-state index contributed by atoms with van der Waals surface area (Å²) in [6.45, 7) is 5.07. The summed E-state index contributed by atoms with van der Waals surface area (Å²) in [5.41, 5.74) is 0.594. The number of rotatable bonds is 5. The zero-order valence-electron chi connectivity index (χ0n) is 11.9. The molecule has 20 heavy (non-hydrogen) atoms. The molecule has 0 saturated carbocycles. The number of anilines is 1. The van der Waals surface area contributed by atoms with Gasteiger partial charge in [-0.2, -0.15) is 0 Å². The summed E-state index contributed by atoms with van der Waals surface area (Å²) < 4.78 is 23.1. The summed E-state index contributed by atoms with van der Waals surface area (Å²) >= 11 is 0. The van der Waals surface area contributed by atoms with Crippen LogP contribution >= 0.6 is 0 Å². The van der Waals surface area contributed by atoms with E-state index in [1.165, 1.54) is 18.9 Å². The van der Waals surface area contributed by atoms with Crippen molar-refractivity contribution in [1.82, 2.24) is 4.90 Å². The molecule has 0 spiro atoms. The summed E-state index contributed by atoms with van der Waals surface area (Å²) in [6, 6.07) is 7.26. The Labute approximate surface area is 121 Å². The maximum Gasteiger partial charge on any atom is 0.240 e. The van der Waals surface area contributed by atoms with Gasteiger partial charge in [0.25, 0.3) is 0 Å². The molecule has 112 valence electrons. The Balaban J connectivity index is 2.07. The highest BCUT2D eigenvalue weighted by Crippen LogP contribution is 2.21.